The third kappa shape index (κ3) is 4.56. The van der Waals surface area contributed by atoms with E-state index in [2.05, 4.69) is 41.5 Å². The van der Waals surface area contributed by atoms with Gasteiger partial charge in [0.1, 0.15) is 5.82 Å². The van der Waals surface area contributed by atoms with Crippen molar-refractivity contribution in [2.45, 2.75) is 19.9 Å². The molecule has 6 nitrogen and oxygen atoms in total. The quantitative estimate of drug-likeness (QED) is 0.562. The number of benzene rings is 1. The monoisotopic (exact) mass is 413 g/mol. The van der Waals surface area contributed by atoms with Crippen LogP contribution in [-0.2, 0) is 0 Å². The first-order valence-corrected chi connectivity index (χ1v) is 9.05. The fourth-order valence-electron chi connectivity index (χ4n) is 2.36. The van der Waals surface area contributed by atoms with E-state index in [1.807, 2.05) is 56.3 Å². The number of aromatic nitrogens is 3. The minimum atomic E-state index is -0.156. The van der Waals surface area contributed by atoms with Crippen molar-refractivity contribution in [1.29, 1.82) is 0 Å². The molecule has 0 spiro atoms. The molecule has 0 unspecified atom stereocenters. The second kappa shape index (κ2) is 8.25. The Balaban J connectivity index is 1.97. The summed E-state index contributed by atoms with van der Waals surface area (Å²) in [5.74, 6) is 1.08. The summed E-state index contributed by atoms with van der Waals surface area (Å²) in [4.78, 5) is 13.4. The molecule has 0 saturated heterocycles. The molecule has 1 aromatic carbocycles. The van der Waals surface area contributed by atoms with Gasteiger partial charge in [0.05, 0.1) is 18.0 Å². The van der Waals surface area contributed by atoms with Crippen LogP contribution in [0.25, 0.3) is 11.4 Å². The minimum absolute atomic E-state index is 0.00809. The van der Waals surface area contributed by atoms with E-state index in [0.29, 0.717) is 17.5 Å². The van der Waals surface area contributed by atoms with Crippen LogP contribution in [0.15, 0.2) is 53.1 Å². The molecular formula is C19H20BrN5O. The van der Waals surface area contributed by atoms with E-state index >= 15 is 0 Å². The predicted octanol–water partition coefficient (Wildman–Crippen LogP) is 4.15. The summed E-state index contributed by atoms with van der Waals surface area (Å²) in [6, 6.07) is 13.4. The summed E-state index contributed by atoms with van der Waals surface area (Å²) < 4.78 is 1.05. The van der Waals surface area contributed by atoms with Crippen LogP contribution in [0.3, 0.4) is 0 Å². The van der Waals surface area contributed by atoms with Crippen molar-refractivity contribution in [2.75, 3.05) is 17.2 Å². The van der Waals surface area contributed by atoms with E-state index in [4.69, 9.17) is 0 Å². The molecule has 134 valence electrons. The normalized spacial score (nSPS) is 11.8. The van der Waals surface area contributed by atoms with Crippen LogP contribution in [0, 0.1) is 6.92 Å². The third-order valence-electron chi connectivity index (χ3n) is 3.73. The van der Waals surface area contributed by atoms with Crippen LogP contribution in [0.5, 0.6) is 0 Å². The minimum Gasteiger partial charge on any atom is -0.394 e. The zero-order valence-electron chi connectivity index (χ0n) is 14.6. The van der Waals surface area contributed by atoms with Crippen LogP contribution in [0.2, 0.25) is 0 Å². The van der Waals surface area contributed by atoms with Crippen LogP contribution in [-0.4, -0.2) is 32.7 Å². The van der Waals surface area contributed by atoms with Gasteiger partial charge in [0.25, 0.3) is 0 Å². The number of hydrogen-bond donors (Lipinski definition) is 3. The number of aliphatic hydroxyl groups excluding tert-OH is 1. The molecule has 0 aliphatic rings. The molecule has 0 fully saturated rings. The summed E-state index contributed by atoms with van der Waals surface area (Å²) in [6.45, 7) is 3.89. The Morgan fingerprint density at radius 1 is 1.12 bits per heavy atom. The molecule has 2 aromatic heterocycles. The summed E-state index contributed by atoms with van der Waals surface area (Å²) in [5, 5.41) is 15.7. The first-order valence-electron chi connectivity index (χ1n) is 8.26. The number of nitrogens with one attached hydrogen (secondary N) is 2. The third-order valence-corrected chi connectivity index (χ3v) is 4.62. The smallest absolute Gasteiger partial charge is 0.225 e. The van der Waals surface area contributed by atoms with Gasteiger partial charge in [0.15, 0.2) is 0 Å². The van der Waals surface area contributed by atoms with E-state index in [0.717, 1.165) is 21.4 Å². The van der Waals surface area contributed by atoms with Gasteiger partial charge in [-0.25, -0.2) is 4.98 Å². The number of pyridine rings is 1. The van der Waals surface area contributed by atoms with Gasteiger partial charge < -0.3 is 15.7 Å². The molecular weight excluding hydrogens is 394 g/mol. The number of anilines is 3. The van der Waals surface area contributed by atoms with Gasteiger partial charge in [-0.1, -0.05) is 22.0 Å². The van der Waals surface area contributed by atoms with Crippen molar-refractivity contribution in [3.63, 3.8) is 0 Å². The highest BCUT2D eigenvalue weighted by Gasteiger charge is 2.10. The summed E-state index contributed by atoms with van der Waals surface area (Å²) in [7, 11) is 0. The molecule has 7 heteroatoms. The fourth-order valence-corrected chi connectivity index (χ4v) is 2.60. The van der Waals surface area contributed by atoms with Crippen molar-refractivity contribution in [1.82, 2.24) is 15.0 Å². The van der Waals surface area contributed by atoms with Crippen molar-refractivity contribution in [2.24, 2.45) is 0 Å². The Morgan fingerprint density at radius 2 is 1.96 bits per heavy atom. The average molecular weight is 414 g/mol. The Labute approximate surface area is 160 Å². The first-order chi connectivity index (χ1) is 12.5. The second-order valence-corrected chi connectivity index (χ2v) is 6.85. The lowest BCUT2D eigenvalue weighted by Crippen LogP contribution is -2.21. The highest BCUT2D eigenvalue weighted by molar-refractivity contribution is 9.10. The lowest BCUT2D eigenvalue weighted by molar-refractivity contribution is 0.281. The average Bonchev–Trinajstić information content (AvgIpc) is 2.65. The zero-order chi connectivity index (χ0) is 18.5. The number of hydrogen-bond acceptors (Lipinski definition) is 6. The Morgan fingerprint density at radius 3 is 2.65 bits per heavy atom. The SMILES string of the molecule is Cc1cc(Nc2cc(-c3ccccn3)nc(N[C@@H](C)CO)n2)ccc1Br. The molecule has 2 heterocycles. The van der Waals surface area contributed by atoms with E-state index in [1.165, 1.54) is 0 Å². The van der Waals surface area contributed by atoms with Gasteiger partial charge in [-0.3, -0.25) is 4.98 Å². The van der Waals surface area contributed by atoms with E-state index < -0.39 is 0 Å². The fraction of sp³-hybridized carbons (Fsp3) is 0.211. The predicted molar refractivity (Wildman–Crippen MR) is 108 cm³/mol. The highest BCUT2D eigenvalue weighted by atomic mass is 79.9. The number of aryl methyl sites for hydroxylation is 1. The van der Waals surface area contributed by atoms with Gasteiger partial charge in [0, 0.05) is 28.5 Å². The van der Waals surface area contributed by atoms with Crippen LogP contribution >= 0.6 is 15.9 Å². The summed E-state index contributed by atoms with van der Waals surface area (Å²) >= 11 is 3.51. The van der Waals surface area contributed by atoms with E-state index in [-0.39, 0.29) is 12.6 Å². The molecule has 26 heavy (non-hydrogen) atoms. The largest absolute Gasteiger partial charge is 0.394 e. The van der Waals surface area contributed by atoms with Crippen molar-refractivity contribution in [3.8, 4) is 11.4 Å². The van der Waals surface area contributed by atoms with Crippen LogP contribution in [0.1, 0.15) is 12.5 Å². The van der Waals surface area contributed by atoms with Gasteiger partial charge >= 0.3 is 0 Å². The number of nitrogens with zero attached hydrogens (tertiary/aromatic N) is 3. The first kappa shape index (κ1) is 18.3. The number of halogens is 1. The Bertz CT molecular complexity index is 888. The van der Waals surface area contributed by atoms with Gasteiger partial charge in [0.2, 0.25) is 5.95 Å². The molecule has 0 aliphatic heterocycles. The maximum atomic E-state index is 9.29. The molecule has 0 saturated carbocycles. The lowest BCUT2D eigenvalue weighted by atomic mass is 10.2. The molecule has 0 bridgehead atoms. The topological polar surface area (TPSA) is 83.0 Å². The molecule has 1 atom stereocenters. The molecule has 3 rings (SSSR count). The van der Waals surface area contributed by atoms with Gasteiger partial charge in [-0.2, -0.15) is 4.98 Å². The molecule has 0 aliphatic carbocycles. The highest BCUT2D eigenvalue weighted by Crippen LogP contribution is 2.25. The standard InChI is InChI=1S/C19H20BrN5O/c1-12-9-14(6-7-15(12)20)23-18-10-17(16-5-3-4-8-21-16)24-19(25-18)22-13(2)11-26/h3-10,13,26H,11H2,1-2H3,(H2,22,23,24,25)/t13-/m0/s1. The molecule has 0 radical (unpaired) electrons. The van der Waals surface area contributed by atoms with Crippen molar-refractivity contribution >= 4 is 33.4 Å². The van der Waals surface area contributed by atoms with E-state index in [1.54, 1.807) is 6.20 Å². The van der Waals surface area contributed by atoms with Crippen LogP contribution < -0.4 is 10.6 Å². The molecule has 0 amide bonds. The Hall–Kier alpha value is -2.51. The molecule has 3 N–H and O–H groups in total. The van der Waals surface area contributed by atoms with Crippen molar-refractivity contribution < 1.29 is 5.11 Å². The van der Waals surface area contributed by atoms with Gasteiger partial charge in [-0.15, -0.1) is 0 Å². The summed E-state index contributed by atoms with van der Waals surface area (Å²) in [5.41, 5.74) is 3.51. The zero-order valence-corrected chi connectivity index (χ0v) is 16.2. The molecule has 3 aromatic rings. The maximum absolute atomic E-state index is 9.29. The van der Waals surface area contributed by atoms with Crippen LogP contribution in [0.4, 0.5) is 17.5 Å². The number of aliphatic hydroxyl groups is 1. The lowest BCUT2D eigenvalue weighted by Gasteiger charge is -2.14. The van der Waals surface area contributed by atoms with Crippen molar-refractivity contribution in [3.05, 3.63) is 58.7 Å². The second-order valence-electron chi connectivity index (χ2n) is 5.99. The summed E-state index contributed by atoms with van der Waals surface area (Å²) in [6.07, 6.45) is 1.73. The maximum Gasteiger partial charge on any atom is 0.225 e. The number of rotatable bonds is 6. The Kier molecular flexibility index (Phi) is 5.80. The van der Waals surface area contributed by atoms with Gasteiger partial charge in [-0.05, 0) is 49.7 Å². The van der Waals surface area contributed by atoms with E-state index in [9.17, 15) is 5.11 Å².